The zero-order valence-electron chi connectivity index (χ0n) is 14.7. The van der Waals surface area contributed by atoms with Crippen LogP contribution in [-0.2, 0) is 0 Å². The van der Waals surface area contributed by atoms with Crippen molar-refractivity contribution in [1.29, 1.82) is 0 Å². The molecule has 1 aliphatic carbocycles. The Morgan fingerprint density at radius 1 is 1.23 bits per heavy atom. The van der Waals surface area contributed by atoms with Crippen molar-refractivity contribution in [2.45, 2.75) is 58.4 Å². The molecule has 0 spiro atoms. The van der Waals surface area contributed by atoms with Gasteiger partial charge in [-0.2, -0.15) is 0 Å². The Hall–Kier alpha value is -0.0400. The minimum absolute atomic E-state index is 0. The molecule has 5 heteroatoms. The van der Waals surface area contributed by atoms with Gasteiger partial charge in [-0.05, 0) is 45.6 Å². The second-order valence-corrected chi connectivity index (χ2v) is 6.85. The first kappa shape index (κ1) is 20.0. The van der Waals surface area contributed by atoms with Gasteiger partial charge in [-0.25, -0.2) is 0 Å². The van der Waals surface area contributed by atoms with E-state index in [0.717, 1.165) is 50.6 Å². The Balaban J connectivity index is 0.00000242. The maximum Gasteiger partial charge on any atom is 0.193 e. The number of halogens is 1. The van der Waals surface area contributed by atoms with Gasteiger partial charge in [0.1, 0.15) is 0 Å². The number of likely N-dealkylation sites (N-methyl/N-ethyl adjacent to an activating group) is 1. The number of aliphatic imine (C=N–C) groups is 1. The average Bonchev–Trinajstić information content (AvgIpc) is 3.00. The van der Waals surface area contributed by atoms with Crippen LogP contribution < -0.4 is 5.32 Å². The molecule has 0 aromatic carbocycles. The first-order valence-corrected chi connectivity index (χ1v) is 8.94. The molecule has 0 aromatic heterocycles. The minimum atomic E-state index is 0. The number of hydrogen-bond donors (Lipinski definition) is 1. The third kappa shape index (κ3) is 6.22. The number of nitrogens with zero attached hydrogens (tertiary/aromatic N) is 3. The molecule has 2 rings (SSSR count). The fourth-order valence-electron chi connectivity index (χ4n) is 3.65. The van der Waals surface area contributed by atoms with Crippen LogP contribution in [0.4, 0.5) is 0 Å². The molecule has 4 nitrogen and oxygen atoms in total. The third-order valence-corrected chi connectivity index (χ3v) is 4.95. The summed E-state index contributed by atoms with van der Waals surface area (Å²) in [7, 11) is 2.27. The Morgan fingerprint density at radius 3 is 2.59 bits per heavy atom. The third-order valence-electron chi connectivity index (χ3n) is 4.95. The molecule has 1 aliphatic heterocycles. The topological polar surface area (TPSA) is 30.9 Å². The molecule has 2 fully saturated rings. The lowest BCUT2D eigenvalue weighted by atomic mass is 10.0. The van der Waals surface area contributed by atoms with Gasteiger partial charge in [0.15, 0.2) is 5.96 Å². The summed E-state index contributed by atoms with van der Waals surface area (Å²) in [4.78, 5) is 9.84. The molecule has 130 valence electrons. The number of piperidine rings is 1. The van der Waals surface area contributed by atoms with Crippen molar-refractivity contribution >= 4 is 29.9 Å². The van der Waals surface area contributed by atoms with Gasteiger partial charge in [0.25, 0.3) is 0 Å². The van der Waals surface area contributed by atoms with Gasteiger partial charge in [0.2, 0.25) is 0 Å². The van der Waals surface area contributed by atoms with Crippen molar-refractivity contribution in [1.82, 2.24) is 15.1 Å². The molecule has 22 heavy (non-hydrogen) atoms. The predicted molar refractivity (Wildman–Crippen MR) is 106 cm³/mol. The molecule has 1 unspecified atom stereocenters. The average molecular weight is 422 g/mol. The Bertz CT molecular complexity index is 329. The van der Waals surface area contributed by atoms with Crippen molar-refractivity contribution in [2.75, 3.05) is 39.8 Å². The summed E-state index contributed by atoms with van der Waals surface area (Å²) in [6, 6.07) is 0.804. The lowest BCUT2D eigenvalue weighted by Gasteiger charge is -2.33. The van der Waals surface area contributed by atoms with E-state index in [9.17, 15) is 0 Å². The number of nitrogens with one attached hydrogen (secondary N) is 1. The summed E-state index contributed by atoms with van der Waals surface area (Å²) >= 11 is 0. The summed E-state index contributed by atoms with van der Waals surface area (Å²) in [5.41, 5.74) is 0. The van der Waals surface area contributed by atoms with Gasteiger partial charge in [-0.15, -0.1) is 24.0 Å². The zero-order valence-corrected chi connectivity index (χ0v) is 17.0. The molecule has 0 aromatic rings. The van der Waals surface area contributed by atoms with Crippen LogP contribution in [0.5, 0.6) is 0 Å². The Labute approximate surface area is 154 Å². The monoisotopic (exact) mass is 422 g/mol. The fraction of sp³-hybridized carbons (Fsp3) is 0.941. The first-order valence-electron chi connectivity index (χ1n) is 8.94. The summed E-state index contributed by atoms with van der Waals surface area (Å²) in [5, 5.41) is 3.47. The lowest BCUT2D eigenvalue weighted by Crippen LogP contribution is -2.46. The Morgan fingerprint density at radius 2 is 1.95 bits per heavy atom. The van der Waals surface area contributed by atoms with E-state index in [4.69, 9.17) is 4.99 Å². The molecule has 1 saturated heterocycles. The summed E-state index contributed by atoms with van der Waals surface area (Å²) < 4.78 is 0. The van der Waals surface area contributed by atoms with Crippen molar-refractivity contribution in [2.24, 2.45) is 10.9 Å². The molecular formula is C17H35IN4. The highest BCUT2D eigenvalue weighted by molar-refractivity contribution is 14.0. The SMILES string of the molecule is CCNC(=NCCN(C)C1CCCC1)N1CCCC(C)C1.I. The quantitative estimate of drug-likeness (QED) is 0.420. The number of likely N-dealkylation sites (tertiary alicyclic amines) is 1. The molecule has 0 bridgehead atoms. The molecular weight excluding hydrogens is 387 g/mol. The van der Waals surface area contributed by atoms with Crippen molar-refractivity contribution in [3.05, 3.63) is 0 Å². The molecule has 2 aliphatic rings. The Kier molecular flexibility index (Phi) is 9.71. The van der Waals surface area contributed by atoms with E-state index in [-0.39, 0.29) is 24.0 Å². The van der Waals surface area contributed by atoms with Crippen LogP contribution in [0.2, 0.25) is 0 Å². The maximum absolute atomic E-state index is 4.87. The predicted octanol–water partition coefficient (Wildman–Crippen LogP) is 3.18. The van der Waals surface area contributed by atoms with Crippen LogP contribution in [0.25, 0.3) is 0 Å². The van der Waals surface area contributed by atoms with E-state index in [1.54, 1.807) is 0 Å². The van der Waals surface area contributed by atoms with Gasteiger partial charge in [-0.3, -0.25) is 4.99 Å². The van der Waals surface area contributed by atoms with E-state index in [0.29, 0.717) is 0 Å². The van der Waals surface area contributed by atoms with Crippen LogP contribution in [0.1, 0.15) is 52.4 Å². The van der Waals surface area contributed by atoms with Gasteiger partial charge < -0.3 is 15.1 Å². The first-order chi connectivity index (χ1) is 10.2. The van der Waals surface area contributed by atoms with Gasteiger partial charge in [0, 0.05) is 32.2 Å². The van der Waals surface area contributed by atoms with E-state index >= 15 is 0 Å². The molecule has 0 radical (unpaired) electrons. The highest BCUT2D eigenvalue weighted by Gasteiger charge is 2.20. The largest absolute Gasteiger partial charge is 0.357 e. The van der Waals surface area contributed by atoms with Gasteiger partial charge in [-0.1, -0.05) is 19.8 Å². The summed E-state index contributed by atoms with van der Waals surface area (Å²) in [6.45, 7) is 9.79. The van der Waals surface area contributed by atoms with Crippen LogP contribution in [-0.4, -0.2) is 61.6 Å². The molecule has 0 amide bonds. The van der Waals surface area contributed by atoms with E-state index in [2.05, 4.69) is 36.0 Å². The fourth-order valence-corrected chi connectivity index (χ4v) is 3.65. The molecule has 1 N–H and O–H groups in total. The maximum atomic E-state index is 4.87. The zero-order chi connectivity index (χ0) is 15.1. The number of guanidine groups is 1. The lowest BCUT2D eigenvalue weighted by molar-refractivity contribution is 0.249. The van der Waals surface area contributed by atoms with Crippen LogP contribution in [0.3, 0.4) is 0 Å². The summed E-state index contributed by atoms with van der Waals surface area (Å²) in [5.74, 6) is 1.92. The second kappa shape index (κ2) is 10.7. The van der Waals surface area contributed by atoms with Crippen LogP contribution in [0.15, 0.2) is 4.99 Å². The molecule has 1 saturated carbocycles. The smallest absolute Gasteiger partial charge is 0.193 e. The highest BCUT2D eigenvalue weighted by atomic mass is 127. The second-order valence-electron chi connectivity index (χ2n) is 6.85. The standard InChI is InChI=1S/C17H34N4.HI/c1-4-18-17(21-12-7-8-15(2)14-21)19-11-13-20(3)16-9-5-6-10-16;/h15-16H,4-14H2,1-3H3,(H,18,19);1H. The van der Waals surface area contributed by atoms with Crippen molar-refractivity contribution in [3.8, 4) is 0 Å². The van der Waals surface area contributed by atoms with E-state index in [1.807, 2.05) is 0 Å². The van der Waals surface area contributed by atoms with E-state index in [1.165, 1.54) is 38.5 Å². The van der Waals surface area contributed by atoms with E-state index < -0.39 is 0 Å². The molecule has 1 atom stereocenters. The summed E-state index contributed by atoms with van der Waals surface area (Å²) in [6.07, 6.45) is 8.24. The number of hydrogen-bond acceptors (Lipinski definition) is 2. The highest BCUT2D eigenvalue weighted by Crippen LogP contribution is 2.22. The minimum Gasteiger partial charge on any atom is -0.357 e. The van der Waals surface area contributed by atoms with Crippen LogP contribution in [0, 0.1) is 5.92 Å². The van der Waals surface area contributed by atoms with Gasteiger partial charge >= 0.3 is 0 Å². The normalized spacial score (nSPS) is 23.7. The van der Waals surface area contributed by atoms with Crippen molar-refractivity contribution in [3.63, 3.8) is 0 Å². The van der Waals surface area contributed by atoms with Crippen molar-refractivity contribution < 1.29 is 0 Å². The van der Waals surface area contributed by atoms with Gasteiger partial charge in [0.05, 0.1) is 6.54 Å². The van der Waals surface area contributed by atoms with Crippen LogP contribution >= 0.6 is 24.0 Å². The number of rotatable bonds is 5. The molecule has 1 heterocycles.